The molecule has 0 bridgehead atoms. The smallest absolute Gasteiger partial charge is 0.304 e. The molecule has 0 aliphatic heterocycles. The summed E-state index contributed by atoms with van der Waals surface area (Å²) in [5.41, 5.74) is 0.995. The molecular weight excluding hydrogens is 583 g/mol. The highest BCUT2D eigenvalue weighted by atomic mass is 35.5. The molecule has 2 amide bonds. The summed E-state index contributed by atoms with van der Waals surface area (Å²) in [6.45, 7) is 4.88. The molecule has 3 aromatic rings. The molecule has 0 heterocycles. The van der Waals surface area contributed by atoms with E-state index in [4.69, 9.17) is 23.2 Å². The lowest BCUT2D eigenvalue weighted by molar-refractivity contribution is -0.140. The van der Waals surface area contributed by atoms with Gasteiger partial charge in [-0.05, 0) is 50.6 Å². The summed E-state index contributed by atoms with van der Waals surface area (Å²) in [5.74, 6) is -0.986. The van der Waals surface area contributed by atoms with Crippen molar-refractivity contribution in [3.63, 3.8) is 0 Å². The van der Waals surface area contributed by atoms with E-state index < -0.39 is 34.2 Å². The number of rotatable bonds is 11. The molecule has 1 atom stereocenters. The molecule has 0 radical (unpaired) electrons. The van der Waals surface area contributed by atoms with Gasteiger partial charge in [0, 0.05) is 48.2 Å². The minimum atomic E-state index is -4.08. The van der Waals surface area contributed by atoms with Crippen molar-refractivity contribution >= 4 is 50.9 Å². The van der Waals surface area contributed by atoms with E-state index in [2.05, 4.69) is 5.32 Å². The quantitative estimate of drug-likeness (QED) is 0.321. The normalized spacial score (nSPS) is 12.6. The van der Waals surface area contributed by atoms with Crippen molar-refractivity contribution in [2.45, 2.75) is 45.3 Å². The maximum absolute atomic E-state index is 14.3. The molecule has 8 nitrogen and oxygen atoms in total. The Hall–Kier alpha value is -3.11. The third-order valence-electron chi connectivity index (χ3n) is 6.22. The summed E-state index contributed by atoms with van der Waals surface area (Å²) in [4.78, 5) is 29.4. The van der Waals surface area contributed by atoms with Crippen molar-refractivity contribution in [2.24, 2.45) is 0 Å². The molecule has 0 saturated carbocycles. The Labute approximate surface area is 253 Å². The zero-order chi connectivity index (χ0) is 30.4. The van der Waals surface area contributed by atoms with Crippen LogP contribution < -0.4 is 9.62 Å². The van der Waals surface area contributed by atoms with E-state index >= 15 is 0 Å². The molecule has 1 N–H and O–H groups in total. The molecule has 0 aliphatic rings. The molecule has 220 valence electrons. The summed E-state index contributed by atoms with van der Waals surface area (Å²) >= 11 is 13.0. The number of carbonyl (C=O) groups excluding carboxylic acids is 2. The number of carbonyl (C=O) groups is 2. The van der Waals surface area contributed by atoms with E-state index in [-0.39, 0.29) is 18.9 Å². The van der Waals surface area contributed by atoms with Crippen LogP contribution >= 0.6 is 23.2 Å². The number of nitrogens with zero attached hydrogens (tertiary/aromatic N) is 3. The fourth-order valence-electron chi connectivity index (χ4n) is 4.17. The predicted molar refractivity (Wildman–Crippen MR) is 165 cm³/mol. The molecule has 3 aromatic carbocycles. The van der Waals surface area contributed by atoms with Crippen molar-refractivity contribution in [1.82, 2.24) is 14.5 Å². The first kappa shape index (κ1) is 32.4. The van der Waals surface area contributed by atoms with Crippen LogP contribution in [0.4, 0.5) is 5.69 Å². The van der Waals surface area contributed by atoms with Crippen LogP contribution in [0.3, 0.4) is 0 Å². The molecule has 0 spiro atoms. The molecule has 0 fully saturated rings. The lowest BCUT2D eigenvalue weighted by Gasteiger charge is -2.36. The maximum atomic E-state index is 14.3. The number of anilines is 1. The molecule has 0 aliphatic carbocycles. The highest BCUT2D eigenvalue weighted by molar-refractivity contribution is 7.90. The van der Waals surface area contributed by atoms with E-state index in [0.717, 1.165) is 14.2 Å². The number of hydrogen-bond acceptors (Lipinski definition) is 4. The maximum Gasteiger partial charge on any atom is 0.304 e. The molecule has 41 heavy (non-hydrogen) atoms. The second-order valence-electron chi connectivity index (χ2n) is 10.8. The number of halogens is 2. The van der Waals surface area contributed by atoms with Crippen LogP contribution in [0.25, 0.3) is 0 Å². The summed E-state index contributed by atoms with van der Waals surface area (Å²) in [6, 6.07) is 21.7. The van der Waals surface area contributed by atoms with Crippen LogP contribution in [-0.4, -0.2) is 61.7 Å². The number of nitrogens with one attached hydrogen (secondary N) is 1. The summed E-state index contributed by atoms with van der Waals surface area (Å²) in [5, 5.41) is 3.63. The molecule has 3 rings (SSSR count). The van der Waals surface area contributed by atoms with Crippen molar-refractivity contribution < 1.29 is 18.0 Å². The first-order chi connectivity index (χ1) is 19.2. The first-order valence-electron chi connectivity index (χ1n) is 13.0. The number of benzene rings is 3. The molecule has 1 unspecified atom stereocenters. The van der Waals surface area contributed by atoms with Crippen molar-refractivity contribution in [1.29, 1.82) is 0 Å². The highest BCUT2D eigenvalue weighted by Gasteiger charge is 2.36. The van der Waals surface area contributed by atoms with E-state index in [0.29, 0.717) is 21.3 Å². The van der Waals surface area contributed by atoms with Crippen LogP contribution in [-0.2, 0) is 32.8 Å². The standard InChI is InChI=1S/C30H36Cl2N4O4S/c1-30(2,3)33-29(38)27(19-22-13-8-6-9-14-22)35(20-24-25(31)17-12-18-26(24)32)28(37)21-36(41(39,40)34(4)5)23-15-10-7-11-16-23/h6-18,27H,19-21H2,1-5H3,(H,33,38). The van der Waals surface area contributed by atoms with Gasteiger partial charge in [-0.1, -0.05) is 77.8 Å². The monoisotopic (exact) mass is 618 g/mol. The number of para-hydroxylation sites is 1. The second kappa shape index (κ2) is 13.7. The zero-order valence-electron chi connectivity index (χ0n) is 23.8. The summed E-state index contributed by atoms with van der Waals surface area (Å²) < 4.78 is 28.9. The average Bonchev–Trinajstić information content (AvgIpc) is 2.90. The number of amides is 2. The van der Waals surface area contributed by atoms with Gasteiger partial charge in [-0.15, -0.1) is 0 Å². The van der Waals surface area contributed by atoms with Gasteiger partial charge in [0.1, 0.15) is 12.6 Å². The van der Waals surface area contributed by atoms with E-state index in [9.17, 15) is 18.0 Å². The van der Waals surface area contributed by atoms with Gasteiger partial charge in [-0.2, -0.15) is 12.7 Å². The third kappa shape index (κ3) is 8.69. The minimum absolute atomic E-state index is 0.114. The van der Waals surface area contributed by atoms with Gasteiger partial charge < -0.3 is 10.2 Å². The SMILES string of the molecule is CN(C)S(=O)(=O)N(CC(=O)N(Cc1c(Cl)cccc1Cl)C(Cc1ccccc1)C(=O)NC(C)(C)C)c1ccccc1. The summed E-state index contributed by atoms with van der Waals surface area (Å²) in [6.07, 6.45) is 0.183. The fourth-order valence-corrected chi connectivity index (χ4v) is 5.74. The Bertz CT molecular complexity index is 1430. The van der Waals surface area contributed by atoms with Gasteiger partial charge in [0.05, 0.1) is 5.69 Å². The molecular formula is C30H36Cl2N4O4S. The molecule has 11 heteroatoms. The Morgan fingerprint density at radius 2 is 1.39 bits per heavy atom. The van der Waals surface area contributed by atoms with Gasteiger partial charge in [0.15, 0.2) is 0 Å². The van der Waals surface area contributed by atoms with Gasteiger partial charge in [0.2, 0.25) is 11.8 Å². The topological polar surface area (TPSA) is 90.0 Å². The summed E-state index contributed by atoms with van der Waals surface area (Å²) in [7, 11) is -1.29. The molecule has 0 saturated heterocycles. The van der Waals surface area contributed by atoms with E-state index in [1.54, 1.807) is 48.5 Å². The Kier molecular flexibility index (Phi) is 10.8. The van der Waals surface area contributed by atoms with Gasteiger partial charge in [-0.25, -0.2) is 4.31 Å². The van der Waals surface area contributed by atoms with Gasteiger partial charge in [-0.3, -0.25) is 9.59 Å². The number of hydrogen-bond donors (Lipinski definition) is 1. The minimum Gasteiger partial charge on any atom is -0.350 e. The lowest BCUT2D eigenvalue weighted by Crippen LogP contribution is -2.56. The van der Waals surface area contributed by atoms with Crippen molar-refractivity contribution in [3.05, 3.63) is 100 Å². The van der Waals surface area contributed by atoms with Gasteiger partial charge >= 0.3 is 10.2 Å². The van der Waals surface area contributed by atoms with Crippen LogP contribution in [0, 0.1) is 0 Å². The molecule has 0 aromatic heterocycles. The van der Waals surface area contributed by atoms with Crippen LogP contribution in [0.2, 0.25) is 10.0 Å². The van der Waals surface area contributed by atoms with E-state index in [1.165, 1.54) is 19.0 Å². The van der Waals surface area contributed by atoms with E-state index in [1.807, 2.05) is 51.1 Å². The van der Waals surface area contributed by atoms with Crippen molar-refractivity contribution in [3.8, 4) is 0 Å². The Balaban J connectivity index is 2.14. The Morgan fingerprint density at radius 1 is 0.854 bits per heavy atom. The van der Waals surface area contributed by atoms with Crippen LogP contribution in [0.15, 0.2) is 78.9 Å². The average molecular weight is 620 g/mol. The fraction of sp³-hybridized carbons (Fsp3) is 0.333. The van der Waals surface area contributed by atoms with Gasteiger partial charge in [0.25, 0.3) is 0 Å². The third-order valence-corrected chi connectivity index (χ3v) is 8.75. The highest BCUT2D eigenvalue weighted by Crippen LogP contribution is 2.28. The Morgan fingerprint density at radius 3 is 1.90 bits per heavy atom. The van der Waals surface area contributed by atoms with Crippen LogP contribution in [0.5, 0.6) is 0 Å². The first-order valence-corrected chi connectivity index (χ1v) is 15.2. The predicted octanol–water partition coefficient (Wildman–Crippen LogP) is 5.16. The second-order valence-corrected chi connectivity index (χ2v) is 13.7. The van der Waals surface area contributed by atoms with Crippen LogP contribution in [0.1, 0.15) is 31.9 Å². The largest absolute Gasteiger partial charge is 0.350 e. The van der Waals surface area contributed by atoms with Crippen molar-refractivity contribution in [2.75, 3.05) is 24.9 Å². The lowest BCUT2D eigenvalue weighted by atomic mass is 10.0. The zero-order valence-corrected chi connectivity index (χ0v) is 26.2.